The molecule has 7 nitrogen and oxygen atoms in total. The number of para-hydroxylation sites is 4. The van der Waals surface area contributed by atoms with Gasteiger partial charge in [-0.05, 0) is 54.1 Å². The van der Waals surface area contributed by atoms with Gasteiger partial charge in [-0.15, -0.1) is 0 Å². The van der Waals surface area contributed by atoms with E-state index in [1.807, 2.05) is 48.5 Å². The van der Waals surface area contributed by atoms with Crippen molar-refractivity contribution < 1.29 is 12.6 Å². The zero-order valence-corrected chi connectivity index (χ0v) is 52.8. The second-order valence-corrected chi connectivity index (χ2v) is 47.8. The number of benzene rings is 9. The maximum atomic E-state index is 13.4. The van der Waals surface area contributed by atoms with E-state index in [1.54, 1.807) is 12.1 Å². The van der Waals surface area contributed by atoms with Crippen LogP contribution in [0, 0.1) is 0 Å². The summed E-state index contributed by atoms with van der Waals surface area (Å²) < 4.78 is 50.4. The zero-order chi connectivity index (χ0) is 55.5. The Morgan fingerprint density at radius 1 is 0.329 bits per heavy atom. The Bertz CT molecular complexity index is 4770. The van der Waals surface area contributed by atoms with Crippen LogP contribution >= 0.6 is 0 Å². The summed E-state index contributed by atoms with van der Waals surface area (Å²) in [6.45, 7) is 28.5. The van der Waals surface area contributed by atoms with Crippen molar-refractivity contribution in [3.05, 3.63) is 182 Å². The van der Waals surface area contributed by atoms with E-state index in [0.717, 1.165) is 53.9 Å². The van der Waals surface area contributed by atoms with Crippen LogP contribution < -0.4 is 0 Å². The molecule has 1 atom stereocenters. The molecular formula is C66H66N4O3S2Si4. The second-order valence-electron chi connectivity index (χ2n) is 25.4. The SMILES string of the molecule is C[Si](C)(C)n1c2ccccc2c2cc3c(cc21)c1ccccc1n3[Si](C)(C)C.C[Si](C)(C)n1c2ccccc2c2ccc3c(c21)S(=O)(=O)c1ccccc1-3.C[Si](C)(C)n1c2ccccc2c2ccc3c(c21)S(=O)c1ccccc1-3. The molecule has 0 radical (unpaired) electrons. The minimum absolute atomic E-state index is 0.426. The number of sulfone groups is 1. The van der Waals surface area contributed by atoms with Crippen LogP contribution in [0.4, 0.5) is 0 Å². The Morgan fingerprint density at radius 3 is 1.18 bits per heavy atom. The quantitative estimate of drug-likeness (QED) is 0.165. The van der Waals surface area contributed by atoms with Crippen molar-refractivity contribution >= 4 is 141 Å². The molecule has 6 heterocycles. The summed E-state index contributed by atoms with van der Waals surface area (Å²) >= 11 is 0. The Hall–Kier alpha value is -6.85. The van der Waals surface area contributed by atoms with Crippen LogP contribution in [-0.2, 0) is 20.6 Å². The molecule has 9 aromatic carbocycles. The first kappa shape index (κ1) is 51.6. The van der Waals surface area contributed by atoms with Crippen LogP contribution in [0.25, 0.3) is 109 Å². The molecule has 79 heavy (non-hydrogen) atoms. The molecule has 4 aromatic heterocycles. The first-order chi connectivity index (χ1) is 37.5. The third kappa shape index (κ3) is 7.78. The van der Waals surface area contributed by atoms with Crippen molar-refractivity contribution in [3.8, 4) is 22.3 Å². The van der Waals surface area contributed by atoms with E-state index in [-0.39, 0.29) is 0 Å². The molecule has 2 aliphatic heterocycles. The van der Waals surface area contributed by atoms with Crippen molar-refractivity contribution in [3.63, 3.8) is 0 Å². The van der Waals surface area contributed by atoms with Gasteiger partial charge in [0.15, 0.2) is 32.9 Å². The van der Waals surface area contributed by atoms with Gasteiger partial charge >= 0.3 is 0 Å². The molecule has 13 heteroatoms. The summed E-state index contributed by atoms with van der Waals surface area (Å²) in [6, 6.07) is 63.5. The molecule has 396 valence electrons. The molecule has 0 bridgehead atoms. The van der Waals surface area contributed by atoms with Gasteiger partial charge in [-0.25, -0.2) is 12.6 Å². The van der Waals surface area contributed by atoms with Crippen molar-refractivity contribution in [2.24, 2.45) is 0 Å². The lowest BCUT2D eigenvalue weighted by Crippen LogP contribution is -2.32. The van der Waals surface area contributed by atoms with E-state index in [9.17, 15) is 12.6 Å². The first-order valence-electron chi connectivity index (χ1n) is 27.4. The number of fused-ring (bicyclic) bond motifs is 20. The van der Waals surface area contributed by atoms with E-state index in [2.05, 4.69) is 217 Å². The molecule has 0 N–H and O–H groups in total. The molecule has 1 unspecified atom stereocenters. The molecule has 0 saturated heterocycles. The molecule has 0 aliphatic carbocycles. The fourth-order valence-corrected chi connectivity index (χ4v) is 24.1. The van der Waals surface area contributed by atoms with Crippen molar-refractivity contribution in [2.45, 2.75) is 98.1 Å². The van der Waals surface area contributed by atoms with E-state index in [0.29, 0.717) is 9.79 Å². The van der Waals surface area contributed by atoms with Crippen LogP contribution in [-0.4, -0.2) is 62.5 Å². The minimum atomic E-state index is -3.52. The second kappa shape index (κ2) is 17.8. The van der Waals surface area contributed by atoms with Crippen LogP contribution in [0.15, 0.2) is 202 Å². The Morgan fingerprint density at radius 2 is 0.696 bits per heavy atom. The fraction of sp³-hybridized carbons (Fsp3) is 0.182. The number of hydrogen-bond donors (Lipinski definition) is 0. The third-order valence-corrected chi connectivity index (χ3v) is 26.7. The standard InChI is InChI=1S/C24H28N2Si2.C21H19NO2SSi.C21H19NOSSi/c1-27(2,3)25-21-13-9-7-11-17(21)19-16-24-20(15-23(19)25)18-12-8-10-14-22(18)26(24)28(4,5)6;1-26(2,3)22-18-10-6-4-8-14(18)16-12-13-17-15-9-5-7-11-19(15)25(23,24)21(17)20(16)22;1-25(2,3)22-18-10-6-4-8-14(18)16-12-13-17-15-9-5-7-11-19(15)24(23)21(17)20(16)22/h7-16H,1-6H3;4-13H,1-3H3;4-13H,1-3H3. The van der Waals surface area contributed by atoms with Gasteiger partial charge in [0.05, 0.1) is 36.5 Å². The average molecular weight is 1140 g/mol. The first-order valence-corrected chi connectivity index (χ1v) is 43.9. The van der Waals surface area contributed by atoms with Gasteiger partial charge in [0.1, 0.15) is 4.90 Å². The van der Waals surface area contributed by atoms with E-state index in [4.69, 9.17) is 0 Å². The molecule has 0 amide bonds. The zero-order valence-electron chi connectivity index (χ0n) is 47.2. The summed E-state index contributed by atoms with van der Waals surface area (Å²) in [7, 11) is -11.4. The molecule has 0 spiro atoms. The summed E-state index contributed by atoms with van der Waals surface area (Å²) in [6.07, 6.45) is 0. The lowest BCUT2D eigenvalue weighted by atomic mass is 10.0. The fourth-order valence-electron chi connectivity index (χ4n) is 13.2. The number of rotatable bonds is 4. The smallest absolute Gasteiger partial charge is 0.209 e. The van der Waals surface area contributed by atoms with Crippen LogP contribution in [0.3, 0.4) is 0 Å². The van der Waals surface area contributed by atoms with Crippen LogP contribution in [0.5, 0.6) is 0 Å². The van der Waals surface area contributed by atoms with Gasteiger partial charge in [0, 0.05) is 92.9 Å². The summed E-state index contributed by atoms with van der Waals surface area (Å²) in [4.78, 5) is 2.85. The van der Waals surface area contributed by atoms with Crippen molar-refractivity contribution in [1.29, 1.82) is 0 Å². The summed E-state index contributed by atoms with van der Waals surface area (Å²) in [5.41, 5.74) is 13.9. The van der Waals surface area contributed by atoms with Gasteiger partial charge in [-0.2, -0.15) is 0 Å². The highest BCUT2D eigenvalue weighted by Gasteiger charge is 2.38. The summed E-state index contributed by atoms with van der Waals surface area (Å²) in [5.74, 6) is 0. The summed E-state index contributed by atoms with van der Waals surface area (Å²) in [5, 5.41) is 10.2. The highest BCUT2D eigenvalue weighted by molar-refractivity contribution is 7.92. The van der Waals surface area contributed by atoms with E-state index in [1.165, 1.54) is 65.4 Å². The number of hydrogen-bond acceptors (Lipinski definition) is 3. The Balaban J connectivity index is 0.000000112. The van der Waals surface area contributed by atoms with Gasteiger partial charge < -0.3 is 16.9 Å². The maximum Gasteiger partial charge on any atom is 0.209 e. The largest absolute Gasteiger partial charge is 0.368 e. The maximum absolute atomic E-state index is 13.4. The number of nitrogens with zero attached hydrogens (tertiary/aromatic N) is 4. The lowest BCUT2D eigenvalue weighted by molar-refractivity contribution is 0.599. The Labute approximate surface area is 469 Å². The third-order valence-electron chi connectivity index (χ3n) is 16.0. The van der Waals surface area contributed by atoms with Crippen LogP contribution in [0.1, 0.15) is 0 Å². The van der Waals surface area contributed by atoms with Gasteiger partial charge in [-0.1, -0.05) is 212 Å². The topological polar surface area (TPSA) is 70.9 Å². The van der Waals surface area contributed by atoms with Crippen molar-refractivity contribution in [2.75, 3.05) is 0 Å². The molecule has 13 aromatic rings. The van der Waals surface area contributed by atoms with Gasteiger partial charge in [0.25, 0.3) is 0 Å². The predicted molar refractivity (Wildman–Crippen MR) is 347 cm³/mol. The molecule has 0 fully saturated rings. The minimum Gasteiger partial charge on any atom is -0.368 e. The highest BCUT2D eigenvalue weighted by Crippen LogP contribution is 2.50. The molecule has 15 rings (SSSR count). The number of aromatic nitrogens is 4. The average Bonchev–Trinajstić information content (AvgIpc) is 4.27. The highest BCUT2D eigenvalue weighted by atomic mass is 32.2. The van der Waals surface area contributed by atoms with E-state index >= 15 is 0 Å². The van der Waals surface area contributed by atoms with E-state index < -0.39 is 53.6 Å². The monoisotopic (exact) mass is 1140 g/mol. The van der Waals surface area contributed by atoms with Crippen LogP contribution in [0.2, 0.25) is 78.6 Å². The van der Waals surface area contributed by atoms with Gasteiger partial charge in [-0.3, -0.25) is 0 Å². The lowest BCUT2D eigenvalue weighted by Gasteiger charge is -2.23. The van der Waals surface area contributed by atoms with Gasteiger partial charge in [0.2, 0.25) is 9.84 Å². The normalized spacial score (nSPS) is 15.0. The Kier molecular flexibility index (Phi) is 11.6. The van der Waals surface area contributed by atoms with Crippen molar-refractivity contribution in [1.82, 2.24) is 16.9 Å². The predicted octanol–water partition coefficient (Wildman–Crippen LogP) is 18.2. The molecule has 2 aliphatic rings. The molecular weight excluding hydrogens is 1070 g/mol. The molecule has 0 saturated carbocycles.